The second-order valence-electron chi connectivity index (χ2n) is 5.25. The van der Waals surface area contributed by atoms with E-state index in [0.29, 0.717) is 11.1 Å². The normalized spacial score (nSPS) is 10.8. The fourth-order valence-corrected chi connectivity index (χ4v) is 2.78. The lowest BCUT2D eigenvalue weighted by Gasteiger charge is -2.11. The van der Waals surface area contributed by atoms with Gasteiger partial charge >= 0.3 is 5.63 Å². The first kappa shape index (κ1) is 13.5. The van der Waals surface area contributed by atoms with Crippen molar-refractivity contribution in [1.82, 2.24) is 4.98 Å². The lowest BCUT2D eigenvalue weighted by molar-refractivity contribution is 0.536. The molecule has 0 N–H and O–H groups in total. The van der Waals surface area contributed by atoms with Crippen LogP contribution in [-0.4, -0.2) is 4.98 Å². The van der Waals surface area contributed by atoms with Crippen molar-refractivity contribution in [2.24, 2.45) is 0 Å². The topological polar surface area (TPSA) is 43.1 Å². The van der Waals surface area contributed by atoms with Gasteiger partial charge in [-0.15, -0.1) is 0 Å². The van der Waals surface area contributed by atoms with Crippen molar-refractivity contribution in [2.75, 3.05) is 0 Å². The highest BCUT2D eigenvalue weighted by molar-refractivity contribution is 6.00. The molecule has 4 aromatic rings. The Balaban J connectivity index is 2.16. The van der Waals surface area contributed by atoms with E-state index < -0.39 is 0 Å². The molecule has 0 aliphatic rings. The summed E-state index contributed by atoms with van der Waals surface area (Å²) in [5.74, 6) is 0.584. The van der Waals surface area contributed by atoms with Crippen LogP contribution in [0.4, 0.5) is 0 Å². The molecule has 2 heterocycles. The zero-order valence-corrected chi connectivity index (χ0v) is 12.3. The SMILES string of the molecule is O=c1oc(-c2ccccc2)c(-c2ccccc2)c2ccncc12. The third-order valence-electron chi connectivity index (χ3n) is 3.83. The van der Waals surface area contributed by atoms with Crippen LogP contribution in [0.25, 0.3) is 33.2 Å². The lowest BCUT2D eigenvalue weighted by atomic mass is 9.96. The summed E-state index contributed by atoms with van der Waals surface area (Å²) >= 11 is 0. The Morgan fingerprint density at radius 2 is 1.39 bits per heavy atom. The van der Waals surface area contributed by atoms with Crippen molar-refractivity contribution >= 4 is 10.8 Å². The Morgan fingerprint density at radius 1 is 0.739 bits per heavy atom. The molecule has 0 radical (unpaired) electrons. The molecule has 23 heavy (non-hydrogen) atoms. The Labute approximate surface area is 132 Å². The van der Waals surface area contributed by atoms with Gasteiger partial charge < -0.3 is 4.42 Å². The van der Waals surface area contributed by atoms with Crippen molar-refractivity contribution in [3.05, 3.63) is 89.5 Å². The van der Waals surface area contributed by atoms with Crippen LogP contribution >= 0.6 is 0 Å². The number of benzene rings is 2. The van der Waals surface area contributed by atoms with Gasteiger partial charge in [0.1, 0.15) is 5.76 Å². The van der Waals surface area contributed by atoms with Gasteiger partial charge in [0.15, 0.2) is 0 Å². The summed E-state index contributed by atoms with van der Waals surface area (Å²) < 4.78 is 5.67. The predicted octanol–water partition coefficient (Wildman–Crippen LogP) is 4.52. The summed E-state index contributed by atoms with van der Waals surface area (Å²) in [6, 6.07) is 21.5. The van der Waals surface area contributed by atoms with Crippen LogP contribution in [-0.2, 0) is 0 Å². The van der Waals surface area contributed by atoms with E-state index in [2.05, 4.69) is 4.98 Å². The van der Waals surface area contributed by atoms with Crippen LogP contribution in [0.2, 0.25) is 0 Å². The largest absolute Gasteiger partial charge is 0.422 e. The summed E-state index contributed by atoms with van der Waals surface area (Å²) in [5, 5.41) is 1.34. The molecule has 0 atom stereocenters. The van der Waals surface area contributed by atoms with Crippen molar-refractivity contribution in [3.63, 3.8) is 0 Å². The van der Waals surface area contributed by atoms with E-state index in [1.807, 2.05) is 66.7 Å². The molecule has 0 unspecified atom stereocenters. The van der Waals surface area contributed by atoms with Crippen LogP contribution in [0.1, 0.15) is 0 Å². The van der Waals surface area contributed by atoms with E-state index in [1.165, 1.54) is 0 Å². The average molecular weight is 299 g/mol. The second-order valence-corrected chi connectivity index (χ2v) is 5.25. The molecule has 0 saturated heterocycles. The van der Waals surface area contributed by atoms with E-state index >= 15 is 0 Å². The highest BCUT2D eigenvalue weighted by Gasteiger charge is 2.16. The van der Waals surface area contributed by atoms with Crippen LogP contribution < -0.4 is 5.63 Å². The minimum atomic E-state index is -0.369. The highest BCUT2D eigenvalue weighted by atomic mass is 16.4. The number of fused-ring (bicyclic) bond motifs is 1. The maximum absolute atomic E-state index is 12.3. The van der Waals surface area contributed by atoms with Gasteiger partial charge in [-0.1, -0.05) is 60.7 Å². The molecule has 0 aliphatic carbocycles. The number of rotatable bonds is 2. The first-order valence-electron chi connectivity index (χ1n) is 7.36. The molecule has 0 amide bonds. The maximum atomic E-state index is 12.3. The molecular weight excluding hydrogens is 286 g/mol. The fourth-order valence-electron chi connectivity index (χ4n) is 2.78. The van der Waals surface area contributed by atoms with Crippen molar-refractivity contribution < 1.29 is 4.42 Å². The highest BCUT2D eigenvalue weighted by Crippen LogP contribution is 2.36. The standard InChI is InChI=1S/C20H13NO2/c22-20-17-13-21-12-11-16(17)18(14-7-3-1-4-8-14)19(23-20)15-9-5-2-6-10-15/h1-13H. The van der Waals surface area contributed by atoms with E-state index in [1.54, 1.807) is 12.4 Å². The Kier molecular flexibility index (Phi) is 3.24. The van der Waals surface area contributed by atoms with Crippen LogP contribution in [0, 0.1) is 0 Å². The second kappa shape index (κ2) is 5.54. The summed E-state index contributed by atoms with van der Waals surface area (Å²) in [6.45, 7) is 0. The number of aromatic nitrogens is 1. The molecule has 4 rings (SSSR count). The van der Waals surface area contributed by atoms with Crippen LogP contribution in [0.3, 0.4) is 0 Å². The first-order valence-corrected chi connectivity index (χ1v) is 7.36. The quantitative estimate of drug-likeness (QED) is 0.546. The predicted molar refractivity (Wildman–Crippen MR) is 91.2 cm³/mol. The van der Waals surface area contributed by atoms with Crippen LogP contribution in [0.15, 0.2) is 88.3 Å². The minimum Gasteiger partial charge on any atom is -0.422 e. The summed E-state index contributed by atoms with van der Waals surface area (Å²) in [7, 11) is 0. The Bertz CT molecular complexity index is 1020. The molecule has 110 valence electrons. The van der Waals surface area contributed by atoms with Gasteiger partial charge in [0.2, 0.25) is 0 Å². The van der Waals surface area contributed by atoms with Gasteiger partial charge in [0.25, 0.3) is 0 Å². The summed E-state index contributed by atoms with van der Waals surface area (Å²) in [5.41, 5.74) is 2.42. The molecule has 0 spiro atoms. The molecule has 0 fully saturated rings. The smallest absolute Gasteiger partial charge is 0.345 e. The zero-order chi connectivity index (χ0) is 15.6. The first-order chi connectivity index (χ1) is 11.3. The minimum absolute atomic E-state index is 0.369. The van der Waals surface area contributed by atoms with Gasteiger partial charge in [-0.3, -0.25) is 4.98 Å². The van der Waals surface area contributed by atoms with E-state index in [-0.39, 0.29) is 5.63 Å². The van der Waals surface area contributed by atoms with Gasteiger partial charge in [-0.25, -0.2) is 4.79 Å². The van der Waals surface area contributed by atoms with Gasteiger partial charge in [-0.05, 0) is 11.6 Å². The molecule has 3 nitrogen and oxygen atoms in total. The van der Waals surface area contributed by atoms with Gasteiger partial charge in [0, 0.05) is 28.9 Å². The Hall–Kier alpha value is -3.20. The third kappa shape index (κ3) is 2.32. The van der Waals surface area contributed by atoms with Crippen molar-refractivity contribution in [3.8, 4) is 22.5 Å². The fraction of sp³-hybridized carbons (Fsp3) is 0. The maximum Gasteiger partial charge on any atom is 0.345 e. The molecule has 0 bridgehead atoms. The average Bonchev–Trinajstić information content (AvgIpc) is 2.63. The molecule has 2 aromatic heterocycles. The molecular formula is C20H13NO2. The van der Waals surface area contributed by atoms with Crippen molar-refractivity contribution in [1.29, 1.82) is 0 Å². The summed E-state index contributed by atoms with van der Waals surface area (Å²) in [4.78, 5) is 16.4. The summed E-state index contributed by atoms with van der Waals surface area (Å²) in [6.07, 6.45) is 3.26. The van der Waals surface area contributed by atoms with E-state index in [9.17, 15) is 4.79 Å². The van der Waals surface area contributed by atoms with Crippen LogP contribution in [0.5, 0.6) is 0 Å². The molecule has 3 heteroatoms. The number of pyridine rings is 1. The Morgan fingerprint density at radius 3 is 2.09 bits per heavy atom. The number of nitrogens with zero attached hydrogens (tertiary/aromatic N) is 1. The van der Waals surface area contributed by atoms with Gasteiger partial charge in [-0.2, -0.15) is 0 Å². The number of hydrogen-bond acceptors (Lipinski definition) is 3. The molecule has 2 aromatic carbocycles. The van der Waals surface area contributed by atoms with E-state index in [4.69, 9.17) is 4.42 Å². The van der Waals surface area contributed by atoms with Crippen molar-refractivity contribution in [2.45, 2.75) is 0 Å². The number of hydrogen-bond donors (Lipinski definition) is 0. The zero-order valence-electron chi connectivity index (χ0n) is 12.3. The molecule has 0 aliphatic heterocycles. The third-order valence-corrected chi connectivity index (χ3v) is 3.83. The monoisotopic (exact) mass is 299 g/mol. The lowest BCUT2D eigenvalue weighted by Crippen LogP contribution is -2.03. The van der Waals surface area contributed by atoms with Gasteiger partial charge in [0.05, 0.1) is 5.39 Å². The van der Waals surface area contributed by atoms with E-state index in [0.717, 1.165) is 22.1 Å². The molecule has 0 saturated carbocycles.